The van der Waals surface area contributed by atoms with Gasteiger partial charge in [-0.3, -0.25) is 0 Å². The summed E-state index contributed by atoms with van der Waals surface area (Å²) in [6.45, 7) is 12.0. The fourth-order valence-electron chi connectivity index (χ4n) is 4.45. The lowest BCUT2D eigenvalue weighted by Crippen LogP contribution is -2.36. The molecule has 2 aromatic rings. The quantitative estimate of drug-likeness (QED) is 0.331. The Balaban J connectivity index is 1.74. The smallest absolute Gasteiger partial charge is 0.173 e. The zero-order chi connectivity index (χ0) is 22.8. The second kappa shape index (κ2) is 12.8. The van der Waals surface area contributed by atoms with E-state index in [4.69, 9.17) is 17.0 Å². The van der Waals surface area contributed by atoms with Gasteiger partial charge >= 0.3 is 0 Å². The molecule has 3 rings (SSSR count). The van der Waals surface area contributed by atoms with Crippen LogP contribution in [0.1, 0.15) is 56.7 Å². The van der Waals surface area contributed by atoms with E-state index >= 15 is 0 Å². The number of ether oxygens (including phenoxy) is 1. The predicted molar refractivity (Wildman–Crippen MR) is 141 cm³/mol. The molecular formula is C27H39N3OS. The van der Waals surface area contributed by atoms with Crippen LogP contribution >= 0.6 is 12.2 Å². The molecule has 2 aromatic carbocycles. The highest BCUT2D eigenvalue weighted by Crippen LogP contribution is 2.29. The average Bonchev–Trinajstić information content (AvgIpc) is 2.81. The first-order chi connectivity index (χ1) is 15.7. The molecule has 0 unspecified atom stereocenters. The number of aryl methyl sites for hydroxylation is 2. The van der Waals surface area contributed by atoms with Crippen molar-refractivity contribution in [2.75, 3.05) is 43.1 Å². The maximum absolute atomic E-state index is 5.88. The van der Waals surface area contributed by atoms with Crippen LogP contribution < -0.4 is 10.2 Å². The highest BCUT2D eigenvalue weighted by atomic mass is 32.1. The SMILES string of the molecule is CCCN1CCCc2cc(CN(CCCOCC)C(=S)Nc3ccccc3CC)ccc21. The summed E-state index contributed by atoms with van der Waals surface area (Å²) < 4.78 is 5.58. The van der Waals surface area contributed by atoms with Crippen molar-refractivity contribution in [2.45, 2.75) is 59.4 Å². The maximum atomic E-state index is 5.88. The van der Waals surface area contributed by atoms with Crippen LogP contribution in [-0.2, 0) is 24.1 Å². The Kier molecular flexibility index (Phi) is 9.82. The van der Waals surface area contributed by atoms with E-state index in [9.17, 15) is 0 Å². The van der Waals surface area contributed by atoms with Crippen LogP contribution in [-0.4, -0.2) is 42.9 Å². The standard InChI is InChI=1S/C27H39N3OS/c1-4-16-29-17-9-12-24-20-22(14-15-26(24)29)21-30(18-10-19-31-6-3)27(32)28-25-13-8-7-11-23(25)5-2/h7-8,11,13-15,20H,4-6,9-10,12,16-19,21H2,1-3H3,(H,28,32). The highest BCUT2D eigenvalue weighted by Gasteiger charge is 2.18. The molecule has 32 heavy (non-hydrogen) atoms. The summed E-state index contributed by atoms with van der Waals surface area (Å²) in [6.07, 6.45) is 5.53. The summed E-state index contributed by atoms with van der Waals surface area (Å²) >= 11 is 5.88. The number of thiocarbonyl (C=S) groups is 1. The summed E-state index contributed by atoms with van der Waals surface area (Å²) in [5, 5.41) is 4.30. The number of benzene rings is 2. The van der Waals surface area contributed by atoms with E-state index in [1.54, 1.807) is 0 Å². The van der Waals surface area contributed by atoms with Crippen molar-refractivity contribution in [1.82, 2.24) is 4.90 Å². The van der Waals surface area contributed by atoms with E-state index < -0.39 is 0 Å². The highest BCUT2D eigenvalue weighted by molar-refractivity contribution is 7.80. The number of nitrogens with one attached hydrogen (secondary N) is 1. The Labute approximate surface area is 199 Å². The second-order valence-electron chi connectivity index (χ2n) is 8.47. The normalized spacial score (nSPS) is 13.0. The first-order valence-corrected chi connectivity index (χ1v) is 12.6. The monoisotopic (exact) mass is 453 g/mol. The zero-order valence-electron chi connectivity index (χ0n) is 20.0. The molecule has 0 aromatic heterocycles. The third-order valence-corrected chi connectivity index (χ3v) is 6.43. The summed E-state index contributed by atoms with van der Waals surface area (Å²) in [7, 11) is 0. The van der Waals surface area contributed by atoms with Gasteiger partial charge in [-0.15, -0.1) is 0 Å². The maximum Gasteiger partial charge on any atom is 0.173 e. The van der Waals surface area contributed by atoms with Crippen molar-refractivity contribution in [3.8, 4) is 0 Å². The number of para-hydroxylation sites is 1. The zero-order valence-corrected chi connectivity index (χ0v) is 20.8. The fourth-order valence-corrected chi connectivity index (χ4v) is 4.71. The van der Waals surface area contributed by atoms with Crippen molar-refractivity contribution in [3.05, 3.63) is 59.2 Å². The van der Waals surface area contributed by atoms with Crippen molar-refractivity contribution < 1.29 is 4.74 Å². The van der Waals surface area contributed by atoms with Gasteiger partial charge in [0, 0.05) is 50.8 Å². The number of nitrogens with zero attached hydrogens (tertiary/aromatic N) is 2. The van der Waals surface area contributed by atoms with E-state index in [0.717, 1.165) is 56.5 Å². The molecule has 0 bridgehead atoms. The van der Waals surface area contributed by atoms with Crippen molar-refractivity contribution >= 4 is 28.7 Å². The third kappa shape index (κ3) is 6.69. The van der Waals surface area contributed by atoms with Gasteiger partial charge in [0.25, 0.3) is 0 Å². The minimum absolute atomic E-state index is 0.756. The molecule has 1 heterocycles. The number of hydrogen-bond acceptors (Lipinski definition) is 3. The summed E-state index contributed by atoms with van der Waals surface area (Å²) in [4.78, 5) is 4.82. The molecule has 0 fully saturated rings. The summed E-state index contributed by atoms with van der Waals surface area (Å²) in [6, 6.07) is 15.4. The van der Waals surface area contributed by atoms with Gasteiger partial charge in [0.2, 0.25) is 0 Å². The molecule has 0 aliphatic carbocycles. The van der Waals surface area contributed by atoms with E-state index in [2.05, 4.69) is 71.4 Å². The molecule has 1 N–H and O–H groups in total. The molecule has 1 aliphatic rings. The molecule has 0 atom stereocenters. The van der Waals surface area contributed by atoms with Gasteiger partial charge in [0.05, 0.1) is 0 Å². The summed E-state index contributed by atoms with van der Waals surface area (Å²) in [5.74, 6) is 0. The number of fused-ring (bicyclic) bond motifs is 1. The van der Waals surface area contributed by atoms with Gasteiger partial charge in [-0.1, -0.05) is 44.2 Å². The van der Waals surface area contributed by atoms with Gasteiger partial charge in [0.1, 0.15) is 0 Å². The van der Waals surface area contributed by atoms with Crippen molar-refractivity contribution in [2.24, 2.45) is 0 Å². The molecule has 5 heteroatoms. The molecule has 0 saturated heterocycles. The van der Waals surface area contributed by atoms with Crippen molar-refractivity contribution in [1.29, 1.82) is 0 Å². The van der Waals surface area contributed by atoms with E-state index in [1.165, 1.54) is 48.2 Å². The Morgan fingerprint density at radius 2 is 2.00 bits per heavy atom. The number of hydrogen-bond donors (Lipinski definition) is 1. The lowest BCUT2D eigenvalue weighted by molar-refractivity contribution is 0.139. The second-order valence-corrected chi connectivity index (χ2v) is 8.85. The number of anilines is 2. The van der Waals surface area contributed by atoms with Crippen LogP contribution in [0.15, 0.2) is 42.5 Å². The predicted octanol–water partition coefficient (Wildman–Crippen LogP) is 6.04. The minimum Gasteiger partial charge on any atom is -0.382 e. The molecule has 4 nitrogen and oxygen atoms in total. The van der Waals surface area contributed by atoms with E-state index in [0.29, 0.717) is 0 Å². The molecule has 1 aliphatic heterocycles. The molecule has 174 valence electrons. The molecule has 0 radical (unpaired) electrons. The van der Waals surface area contributed by atoms with Crippen LogP contribution in [0.4, 0.5) is 11.4 Å². The number of rotatable bonds is 11. The van der Waals surface area contributed by atoms with Gasteiger partial charge in [-0.25, -0.2) is 0 Å². The fraction of sp³-hybridized carbons (Fsp3) is 0.519. The van der Waals surface area contributed by atoms with Crippen LogP contribution in [0.5, 0.6) is 0 Å². The largest absolute Gasteiger partial charge is 0.382 e. The topological polar surface area (TPSA) is 27.7 Å². The Morgan fingerprint density at radius 1 is 1.16 bits per heavy atom. The van der Waals surface area contributed by atoms with Gasteiger partial charge < -0.3 is 19.9 Å². The Morgan fingerprint density at radius 3 is 2.78 bits per heavy atom. The molecular weight excluding hydrogens is 414 g/mol. The van der Waals surface area contributed by atoms with Crippen LogP contribution in [0.3, 0.4) is 0 Å². The molecule has 0 saturated carbocycles. The van der Waals surface area contributed by atoms with E-state index in [1.807, 2.05) is 6.92 Å². The van der Waals surface area contributed by atoms with Crippen LogP contribution in [0.2, 0.25) is 0 Å². The Bertz CT molecular complexity index is 870. The minimum atomic E-state index is 0.756. The van der Waals surface area contributed by atoms with Crippen LogP contribution in [0, 0.1) is 0 Å². The first kappa shape index (κ1) is 24.5. The third-order valence-electron chi connectivity index (χ3n) is 6.07. The molecule has 0 amide bonds. The van der Waals surface area contributed by atoms with Gasteiger partial charge in [-0.2, -0.15) is 0 Å². The lowest BCUT2D eigenvalue weighted by Gasteiger charge is -2.32. The van der Waals surface area contributed by atoms with Gasteiger partial charge in [0.15, 0.2) is 5.11 Å². The average molecular weight is 454 g/mol. The Hall–Kier alpha value is -2.11. The van der Waals surface area contributed by atoms with E-state index in [-0.39, 0.29) is 0 Å². The lowest BCUT2D eigenvalue weighted by atomic mass is 9.99. The first-order valence-electron chi connectivity index (χ1n) is 12.2. The van der Waals surface area contributed by atoms with Crippen molar-refractivity contribution in [3.63, 3.8) is 0 Å². The summed E-state index contributed by atoms with van der Waals surface area (Å²) in [5.41, 5.74) is 6.62. The van der Waals surface area contributed by atoms with Gasteiger partial charge in [-0.05, 0) is 80.1 Å². The van der Waals surface area contributed by atoms with Crippen LogP contribution in [0.25, 0.3) is 0 Å². The molecule has 0 spiro atoms.